The molecule has 4 spiro atoms. The lowest BCUT2D eigenvalue weighted by Gasteiger charge is -2.38. The summed E-state index contributed by atoms with van der Waals surface area (Å²) in [6.07, 6.45) is 39.6. The van der Waals surface area contributed by atoms with Gasteiger partial charge in [0.2, 0.25) is 11.4 Å². The maximum Gasteiger partial charge on any atom is 0.210 e. The second-order valence-electron chi connectivity index (χ2n) is 27.1. The van der Waals surface area contributed by atoms with Crippen LogP contribution in [0.2, 0.25) is 0 Å². The highest BCUT2D eigenvalue weighted by Crippen LogP contribution is 2.60. The summed E-state index contributed by atoms with van der Waals surface area (Å²) in [4.78, 5) is 5.24. The van der Waals surface area contributed by atoms with E-state index in [1.54, 1.807) is 11.1 Å². The van der Waals surface area contributed by atoms with Gasteiger partial charge in [0.15, 0.2) is 11.4 Å². The van der Waals surface area contributed by atoms with Gasteiger partial charge in [-0.2, -0.15) is 9.15 Å². The number of ether oxygens (including phenoxy) is 1. The van der Waals surface area contributed by atoms with Gasteiger partial charge in [0.25, 0.3) is 0 Å². The second-order valence-corrected chi connectivity index (χ2v) is 28.6. The summed E-state index contributed by atoms with van der Waals surface area (Å²) < 4.78 is 80.5. The second kappa shape index (κ2) is 25.2. The van der Waals surface area contributed by atoms with Gasteiger partial charge in [0.1, 0.15) is 27.6 Å². The van der Waals surface area contributed by atoms with E-state index in [9.17, 15) is 0 Å². The van der Waals surface area contributed by atoms with Crippen molar-refractivity contribution in [3.63, 3.8) is 0 Å². The zero-order chi connectivity index (χ0) is 64.3. The van der Waals surface area contributed by atoms with Crippen LogP contribution >= 0.6 is 0 Å². The fourth-order valence-corrected chi connectivity index (χ4v) is 18.9. The average molecular weight is 1290 g/mol. The van der Waals surface area contributed by atoms with Gasteiger partial charge in [-0.25, -0.2) is 37.3 Å². The number of rotatable bonds is 8. The van der Waals surface area contributed by atoms with Crippen LogP contribution in [0.1, 0.15) is 151 Å². The number of fused-ring (bicyclic) bond motifs is 16. The highest BCUT2D eigenvalue weighted by molar-refractivity contribution is 6.10. The fourth-order valence-electron chi connectivity index (χ4n) is 18.9. The SMILES string of the molecule is C[N+]1=C(/C=C/C=C2/N(COCN3/C(=C/C=C/C4=[N+](C)c5ccc6ccccc6c5C45CCCCC5)C4(CCCCC4)c4c3ccc3ccccc43)c3ccc4ccccc4c3C23CCCCC3)C2(CCCCC2)c2c1ccc1ccccc21.[O-][Cl+3]([O-])([O-])[O-].[O-][Cl+3]([O-])([O-])[O-]. The standard InChI is InChI=1S/C78H80N4O.2ClHO4/c1-79-63-41-37-55-25-7-11-29-59(55)71(63)75(45-15-3-16-46-75)67(79)33-23-35-69-77(49-19-5-20-50-77)73-61-31-13-9-27-57(61)39-43-65(73)81(69)53-83-54-82-66-44-40-58-28-10-14-32-62(58)74(66)78(51-21-6-22-52-78)70(82)36-24-34-68-76(47-17-4-18-48-76)72-60-30-12-8-26-56(60)38-42-64(72)80(68)2;2*2-1(3,4)5/h7-14,23-44H,3-6,15-22,45-54H2,1-2H3;2*(H,2,3,4,5)/q+2;;/p-2. The van der Waals surface area contributed by atoms with E-state index in [-0.39, 0.29) is 21.7 Å². The molecule has 4 aliphatic heterocycles. The summed E-state index contributed by atoms with van der Waals surface area (Å²) in [6.45, 7) is 0.940. The quantitative estimate of drug-likeness (QED) is 0.131. The van der Waals surface area contributed by atoms with Gasteiger partial charge in [0.05, 0.1) is 10.8 Å². The third-order valence-electron chi connectivity index (χ3n) is 22.4. The summed E-state index contributed by atoms with van der Waals surface area (Å²) in [5, 5.41) is 11.0. The van der Waals surface area contributed by atoms with E-state index in [0.29, 0.717) is 13.5 Å². The molecule has 16 rings (SSSR count). The first-order valence-electron chi connectivity index (χ1n) is 33.4. The van der Waals surface area contributed by atoms with Crippen molar-refractivity contribution in [1.29, 1.82) is 0 Å². The van der Waals surface area contributed by atoms with Crippen molar-refractivity contribution in [3.05, 3.63) is 216 Å². The molecule has 0 aromatic heterocycles. The van der Waals surface area contributed by atoms with E-state index in [4.69, 9.17) is 42.0 Å². The van der Waals surface area contributed by atoms with Crippen LogP contribution in [0, 0.1) is 20.5 Å². The third kappa shape index (κ3) is 11.3. The van der Waals surface area contributed by atoms with Gasteiger partial charge in [-0.3, -0.25) is 0 Å². The topological polar surface area (TPSA) is 206 Å². The molecule has 4 saturated carbocycles. The normalized spacial score (nSPS) is 21.1. The molecule has 4 aliphatic carbocycles. The predicted octanol–water partition coefficient (Wildman–Crippen LogP) is 9.60. The van der Waals surface area contributed by atoms with E-state index in [1.807, 2.05) is 0 Å². The lowest BCUT2D eigenvalue weighted by Crippen LogP contribution is -2.68. The van der Waals surface area contributed by atoms with Crippen LogP contribution in [-0.2, 0) is 26.4 Å². The Balaban J connectivity index is 0.000000699. The van der Waals surface area contributed by atoms with Crippen molar-refractivity contribution >= 4 is 77.3 Å². The molecular weight excluding hydrogens is 1210 g/mol. The Labute approximate surface area is 549 Å². The van der Waals surface area contributed by atoms with Crippen LogP contribution in [0.4, 0.5) is 22.7 Å². The van der Waals surface area contributed by atoms with Crippen molar-refractivity contribution in [2.24, 2.45) is 0 Å². The summed E-state index contributed by atoms with van der Waals surface area (Å²) in [7, 11) is -5.22. The first-order valence-corrected chi connectivity index (χ1v) is 35.9. The summed E-state index contributed by atoms with van der Waals surface area (Å²) in [6, 6.07) is 55.7. The molecule has 0 amide bonds. The third-order valence-corrected chi connectivity index (χ3v) is 22.4. The van der Waals surface area contributed by atoms with Crippen molar-refractivity contribution in [2.75, 3.05) is 37.4 Å². The Morgan fingerprint density at radius 1 is 0.366 bits per heavy atom. The zero-order valence-corrected chi connectivity index (χ0v) is 54.6. The van der Waals surface area contributed by atoms with Crippen molar-refractivity contribution in [2.45, 2.75) is 150 Å². The van der Waals surface area contributed by atoms with Gasteiger partial charge in [-0.15, -0.1) is 20.5 Å². The van der Waals surface area contributed by atoms with Crippen LogP contribution in [0.25, 0.3) is 43.1 Å². The van der Waals surface area contributed by atoms with Gasteiger partial charge in [0, 0.05) is 69.0 Å². The lowest BCUT2D eigenvalue weighted by atomic mass is 9.66. The maximum atomic E-state index is 8.49. The Hall–Kier alpha value is -7.08. The van der Waals surface area contributed by atoms with Gasteiger partial charge < -0.3 is 14.5 Å². The number of benzene rings is 8. The van der Waals surface area contributed by atoms with Crippen molar-refractivity contribution < 1.29 is 71.6 Å². The van der Waals surface area contributed by atoms with E-state index in [0.717, 1.165) is 25.7 Å². The van der Waals surface area contributed by atoms with Crippen molar-refractivity contribution in [1.82, 2.24) is 0 Å². The Morgan fingerprint density at radius 2 is 0.645 bits per heavy atom. The number of hydrogen-bond acceptors (Lipinski definition) is 11. The first kappa shape index (κ1) is 63.3. The average Bonchev–Trinajstić information content (AvgIpc) is 1.59. The maximum absolute atomic E-state index is 8.49. The van der Waals surface area contributed by atoms with Gasteiger partial charge in [-0.1, -0.05) is 198 Å². The minimum atomic E-state index is -4.94. The molecule has 480 valence electrons. The van der Waals surface area contributed by atoms with E-state index < -0.39 is 20.5 Å². The predicted molar refractivity (Wildman–Crippen MR) is 347 cm³/mol. The summed E-state index contributed by atoms with van der Waals surface area (Å²) >= 11 is 0. The lowest BCUT2D eigenvalue weighted by molar-refractivity contribution is -2.00. The van der Waals surface area contributed by atoms with Crippen LogP contribution < -0.4 is 47.1 Å². The molecule has 8 aliphatic rings. The number of allylic oxidation sites excluding steroid dienone is 8. The Bertz CT molecular complexity index is 4110. The molecule has 4 fully saturated rings. The largest absolute Gasteiger partial charge is 0.340 e. The Kier molecular flexibility index (Phi) is 17.2. The minimum absolute atomic E-state index is 0.00864. The van der Waals surface area contributed by atoms with Crippen LogP contribution in [0.15, 0.2) is 193 Å². The smallest absolute Gasteiger partial charge is 0.210 e. The number of anilines is 2. The molecule has 0 unspecified atom stereocenters. The van der Waals surface area contributed by atoms with Crippen molar-refractivity contribution in [3.8, 4) is 0 Å². The van der Waals surface area contributed by atoms with Gasteiger partial charge in [-0.05, 0) is 142 Å². The highest BCUT2D eigenvalue weighted by atomic mass is 35.7. The minimum Gasteiger partial charge on any atom is -0.340 e. The first-order chi connectivity index (χ1) is 44.9. The molecule has 0 atom stereocenters. The van der Waals surface area contributed by atoms with Crippen LogP contribution in [0.3, 0.4) is 0 Å². The molecule has 15 heteroatoms. The molecule has 0 N–H and O–H groups in total. The molecule has 8 aromatic carbocycles. The number of nitrogens with zero attached hydrogens (tertiary/aromatic N) is 4. The van der Waals surface area contributed by atoms with Crippen LogP contribution in [0.5, 0.6) is 0 Å². The monoisotopic (exact) mass is 1290 g/mol. The number of hydrogen-bond donors (Lipinski definition) is 0. The Morgan fingerprint density at radius 3 is 0.968 bits per heavy atom. The molecule has 13 nitrogen and oxygen atoms in total. The zero-order valence-electron chi connectivity index (χ0n) is 53.1. The number of halogens is 2. The summed E-state index contributed by atoms with van der Waals surface area (Å²) in [5.74, 6) is 0. The van der Waals surface area contributed by atoms with E-state index in [1.165, 1.54) is 203 Å². The summed E-state index contributed by atoms with van der Waals surface area (Å²) in [5.41, 5.74) is 17.0. The van der Waals surface area contributed by atoms with E-state index >= 15 is 0 Å². The molecular formula is C78H80Cl2N4O9. The highest BCUT2D eigenvalue weighted by Gasteiger charge is 2.55. The fraction of sp³-hybridized carbons (Fsp3) is 0.359. The van der Waals surface area contributed by atoms with Crippen LogP contribution in [-0.4, -0.2) is 48.1 Å². The molecule has 0 bridgehead atoms. The molecule has 0 saturated heterocycles. The molecule has 0 radical (unpaired) electrons. The molecule has 8 aromatic rings. The van der Waals surface area contributed by atoms with E-state index in [2.05, 4.69) is 215 Å². The molecule has 93 heavy (non-hydrogen) atoms. The molecule has 4 heterocycles. The van der Waals surface area contributed by atoms with Gasteiger partial charge >= 0.3 is 0 Å².